The van der Waals surface area contributed by atoms with Crippen LogP contribution in [-0.2, 0) is 17.6 Å². The summed E-state index contributed by atoms with van der Waals surface area (Å²) in [6.45, 7) is 2.26. The van der Waals surface area contributed by atoms with Gasteiger partial charge in [-0.2, -0.15) is 0 Å². The lowest BCUT2D eigenvalue weighted by Gasteiger charge is -2.24. The van der Waals surface area contributed by atoms with Crippen molar-refractivity contribution in [3.63, 3.8) is 0 Å². The van der Waals surface area contributed by atoms with E-state index in [0.717, 1.165) is 31.4 Å². The van der Waals surface area contributed by atoms with Crippen LogP contribution in [0.2, 0.25) is 0 Å². The SMILES string of the molecule is CCCCCCCc1ccc(CC2C=CC(Oc3ccc(C(=O)OC)o3)=C3N=C4CCCCC4=C32)cc1. The molecule has 1 aromatic carbocycles. The summed E-state index contributed by atoms with van der Waals surface area (Å²) in [7, 11) is 1.33. The Kier molecular flexibility index (Phi) is 8.08. The minimum atomic E-state index is -0.524. The molecule has 5 nitrogen and oxygen atoms in total. The van der Waals surface area contributed by atoms with Gasteiger partial charge in [-0.15, -0.1) is 0 Å². The number of carbonyl (C=O) groups is 1. The minimum Gasteiger partial charge on any atom is -0.463 e. The third-order valence-corrected chi connectivity index (χ3v) is 7.58. The number of ether oxygens (including phenoxy) is 2. The number of carbonyl (C=O) groups excluding carboxylic acids is 1. The molecule has 37 heavy (non-hydrogen) atoms. The fourth-order valence-corrected chi connectivity index (χ4v) is 5.58. The molecule has 2 heterocycles. The average Bonchev–Trinajstić information content (AvgIpc) is 3.56. The van der Waals surface area contributed by atoms with E-state index in [9.17, 15) is 4.79 Å². The predicted octanol–water partition coefficient (Wildman–Crippen LogP) is 7.92. The van der Waals surface area contributed by atoms with Crippen molar-refractivity contribution in [3.05, 3.63) is 88.0 Å². The molecule has 1 aromatic heterocycles. The van der Waals surface area contributed by atoms with Crippen molar-refractivity contribution in [1.29, 1.82) is 0 Å². The number of hydrogen-bond acceptors (Lipinski definition) is 5. The molecule has 0 amide bonds. The van der Waals surface area contributed by atoms with E-state index in [1.54, 1.807) is 12.1 Å². The van der Waals surface area contributed by atoms with Gasteiger partial charge in [0.15, 0.2) is 5.76 Å². The molecule has 1 fully saturated rings. The maximum absolute atomic E-state index is 11.8. The van der Waals surface area contributed by atoms with Gasteiger partial charge in [0.2, 0.25) is 5.76 Å². The van der Waals surface area contributed by atoms with Gasteiger partial charge >= 0.3 is 5.97 Å². The van der Waals surface area contributed by atoms with Gasteiger partial charge in [0.25, 0.3) is 5.95 Å². The molecule has 0 saturated heterocycles. The van der Waals surface area contributed by atoms with Crippen LogP contribution in [0.25, 0.3) is 0 Å². The molecular formula is C32H37NO4. The second kappa shape index (κ2) is 11.8. The summed E-state index contributed by atoms with van der Waals surface area (Å²) in [6.07, 6.45) is 17.4. The van der Waals surface area contributed by atoms with Gasteiger partial charge in [-0.25, -0.2) is 9.79 Å². The molecule has 2 aromatic rings. The van der Waals surface area contributed by atoms with Crippen molar-refractivity contribution in [1.82, 2.24) is 0 Å². The maximum Gasteiger partial charge on any atom is 0.374 e. The Balaban J connectivity index is 1.31. The third kappa shape index (κ3) is 5.82. The first-order valence-corrected chi connectivity index (χ1v) is 13.8. The first-order chi connectivity index (χ1) is 18.2. The number of aryl methyl sites for hydroxylation is 1. The van der Waals surface area contributed by atoms with Crippen molar-refractivity contribution in [3.8, 4) is 5.95 Å². The topological polar surface area (TPSA) is 61.0 Å². The quantitative estimate of drug-likeness (QED) is 0.233. The van der Waals surface area contributed by atoms with E-state index >= 15 is 0 Å². The van der Waals surface area contributed by atoms with E-state index in [1.807, 2.05) is 6.08 Å². The summed E-state index contributed by atoms with van der Waals surface area (Å²) in [6, 6.07) is 12.4. The lowest BCUT2D eigenvalue weighted by atomic mass is 9.80. The molecule has 0 spiro atoms. The van der Waals surface area contributed by atoms with Crippen molar-refractivity contribution in [2.24, 2.45) is 10.9 Å². The second-order valence-electron chi connectivity index (χ2n) is 10.2. The highest BCUT2D eigenvalue weighted by molar-refractivity contribution is 6.06. The summed E-state index contributed by atoms with van der Waals surface area (Å²) in [5, 5.41) is 0. The van der Waals surface area contributed by atoms with Crippen LogP contribution in [0.1, 0.15) is 86.4 Å². The van der Waals surface area contributed by atoms with Crippen LogP contribution in [-0.4, -0.2) is 18.8 Å². The molecule has 5 heteroatoms. The maximum atomic E-state index is 11.8. The van der Waals surface area contributed by atoms with Gasteiger partial charge in [-0.1, -0.05) is 62.9 Å². The summed E-state index contributed by atoms with van der Waals surface area (Å²) < 4.78 is 16.4. The van der Waals surface area contributed by atoms with Crippen LogP contribution in [0.15, 0.2) is 80.6 Å². The van der Waals surface area contributed by atoms with Gasteiger partial charge < -0.3 is 13.9 Å². The van der Waals surface area contributed by atoms with E-state index in [2.05, 4.69) is 37.3 Å². The van der Waals surface area contributed by atoms with E-state index in [4.69, 9.17) is 18.9 Å². The van der Waals surface area contributed by atoms with Crippen LogP contribution in [0.5, 0.6) is 5.95 Å². The number of rotatable bonds is 11. The third-order valence-electron chi connectivity index (χ3n) is 7.58. The zero-order valence-corrected chi connectivity index (χ0v) is 22.1. The molecule has 1 saturated carbocycles. The number of unbranched alkanes of at least 4 members (excludes halogenated alkanes) is 4. The van der Waals surface area contributed by atoms with Gasteiger partial charge in [0.1, 0.15) is 5.70 Å². The molecular weight excluding hydrogens is 462 g/mol. The van der Waals surface area contributed by atoms with Crippen LogP contribution in [0, 0.1) is 5.92 Å². The molecule has 0 radical (unpaired) electrons. The first-order valence-electron chi connectivity index (χ1n) is 13.8. The highest BCUT2D eigenvalue weighted by Crippen LogP contribution is 2.43. The monoisotopic (exact) mass is 499 g/mol. The largest absolute Gasteiger partial charge is 0.463 e. The van der Waals surface area contributed by atoms with Crippen molar-refractivity contribution >= 4 is 11.7 Å². The molecule has 0 bridgehead atoms. The number of esters is 1. The number of fused-ring (bicyclic) bond motifs is 2. The minimum absolute atomic E-state index is 0.121. The molecule has 2 aliphatic carbocycles. The Bertz CT molecular complexity index is 1240. The Hall–Kier alpha value is -3.34. The summed E-state index contributed by atoms with van der Waals surface area (Å²) in [5.41, 5.74) is 7.60. The van der Waals surface area contributed by atoms with E-state index < -0.39 is 5.97 Å². The predicted molar refractivity (Wildman–Crippen MR) is 146 cm³/mol. The highest BCUT2D eigenvalue weighted by Gasteiger charge is 2.34. The van der Waals surface area contributed by atoms with Crippen LogP contribution in [0.3, 0.4) is 0 Å². The lowest BCUT2D eigenvalue weighted by Crippen LogP contribution is -2.15. The van der Waals surface area contributed by atoms with Gasteiger partial charge in [0.05, 0.1) is 7.11 Å². The van der Waals surface area contributed by atoms with Gasteiger partial charge in [0, 0.05) is 17.7 Å². The molecule has 194 valence electrons. The Morgan fingerprint density at radius 3 is 2.59 bits per heavy atom. The second-order valence-corrected chi connectivity index (χ2v) is 10.2. The fraction of sp³-hybridized carbons (Fsp3) is 0.438. The van der Waals surface area contributed by atoms with Crippen LogP contribution in [0.4, 0.5) is 0 Å². The molecule has 5 rings (SSSR count). The Morgan fingerprint density at radius 1 is 1.00 bits per heavy atom. The molecule has 1 atom stereocenters. The van der Waals surface area contributed by atoms with Crippen molar-refractivity contribution in [2.75, 3.05) is 7.11 Å². The first kappa shape index (κ1) is 25.3. The molecule has 0 N–H and O–H groups in total. The number of furan rings is 1. The van der Waals surface area contributed by atoms with E-state index in [-0.39, 0.29) is 17.6 Å². The van der Waals surface area contributed by atoms with Gasteiger partial charge in [-0.3, -0.25) is 0 Å². The Labute approximate surface area is 220 Å². The van der Waals surface area contributed by atoms with Crippen LogP contribution < -0.4 is 4.74 Å². The van der Waals surface area contributed by atoms with Crippen molar-refractivity contribution < 1.29 is 18.7 Å². The number of allylic oxidation sites excluding steroid dienone is 4. The molecule has 1 aliphatic heterocycles. The number of hydrogen-bond donors (Lipinski definition) is 0. The number of nitrogens with zero attached hydrogens (tertiary/aromatic N) is 1. The Morgan fingerprint density at radius 2 is 1.78 bits per heavy atom. The number of benzene rings is 1. The van der Waals surface area contributed by atoms with E-state index in [1.165, 1.54) is 80.0 Å². The van der Waals surface area contributed by atoms with E-state index in [0.29, 0.717) is 5.76 Å². The number of methoxy groups -OCH3 is 1. The summed E-state index contributed by atoms with van der Waals surface area (Å²) in [5.74, 6) is 0.790. The highest BCUT2D eigenvalue weighted by atomic mass is 16.6. The average molecular weight is 500 g/mol. The summed E-state index contributed by atoms with van der Waals surface area (Å²) >= 11 is 0. The van der Waals surface area contributed by atoms with Crippen molar-refractivity contribution in [2.45, 2.75) is 77.6 Å². The molecule has 1 unspecified atom stereocenters. The zero-order chi connectivity index (χ0) is 25.6. The standard InChI is InChI=1S/C32H37NO4/c1-3-4-5-6-7-10-22-13-15-23(16-14-22)21-24-17-18-27(36-29-20-19-28(37-29)32(34)35-2)31-30(24)25-11-8-9-12-26(25)33-31/h13-20,24H,3-12,21H2,1-2H3. The molecule has 3 aliphatic rings. The van der Waals surface area contributed by atoms with Crippen LogP contribution >= 0.6 is 0 Å². The summed E-state index contributed by atoms with van der Waals surface area (Å²) in [4.78, 5) is 16.8. The zero-order valence-electron chi connectivity index (χ0n) is 22.1. The number of aliphatic imine (C=N–C) groups is 1. The fourth-order valence-electron chi connectivity index (χ4n) is 5.58. The normalized spacial score (nSPS) is 18.5. The lowest BCUT2D eigenvalue weighted by molar-refractivity contribution is 0.0559. The smallest absolute Gasteiger partial charge is 0.374 e. The van der Waals surface area contributed by atoms with Gasteiger partial charge in [-0.05, 0) is 79.4 Å².